The van der Waals surface area contributed by atoms with Crippen LogP contribution in [0.3, 0.4) is 0 Å². The molecule has 0 aromatic heterocycles. The number of hydrogen-bond acceptors (Lipinski definition) is 3. The van der Waals surface area contributed by atoms with Crippen LogP contribution < -0.4 is 4.74 Å². The van der Waals surface area contributed by atoms with E-state index in [1.165, 1.54) is 0 Å². The molecule has 2 atom stereocenters. The number of benzene rings is 1. The van der Waals surface area contributed by atoms with Gasteiger partial charge in [-0.25, -0.2) is 0 Å². The Balaban J connectivity index is 1.78. The lowest BCUT2D eigenvalue weighted by Gasteiger charge is -2.35. The number of nitrogens with zero attached hydrogens (tertiary/aromatic N) is 1. The van der Waals surface area contributed by atoms with Gasteiger partial charge < -0.3 is 14.7 Å². The molecule has 2 heterocycles. The number of likely N-dealkylation sites (tertiary alicyclic amines) is 1. The maximum Gasteiger partial charge on any atom is 0.308 e. The highest BCUT2D eigenvalue weighted by molar-refractivity contribution is 5.85. The van der Waals surface area contributed by atoms with Crippen molar-refractivity contribution >= 4 is 11.9 Å². The van der Waals surface area contributed by atoms with Gasteiger partial charge in [0.2, 0.25) is 5.91 Å². The summed E-state index contributed by atoms with van der Waals surface area (Å²) in [6.45, 7) is 1.51. The highest BCUT2D eigenvalue weighted by atomic mass is 16.5. The Morgan fingerprint density at radius 3 is 2.86 bits per heavy atom. The number of amides is 1. The largest absolute Gasteiger partial charge is 0.493 e. The summed E-state index contributed by atoms with van der Waals surface area (Å²) in [5.74, 6) is -0.634. The van der Waals surface area contributed by atoms with Gasteiger partial charge in [0.15, 0.2) is 0 Å². The fourth-order valence-electron chi connectivity index (χ4n) is 3.20. The highest BCUT2D eigenvalue weighted by Crippen LogP contribution is 2.35. The van der Waals surface area contributed by atoms with Crippen molar-refractivity contribution in [3.8, 4) is 5.75 Å². The Bertz CT molecular complexity index is 557. The van der Waals surface area contributed by atoms with Crippen molar-refractivity contribution in [2.45, 2.75) is 25.2 Å². The molecule has 5 heteroatoms. The Labute approximate surface area is 123 Å². The molecule has 1 fully saturated rings. The first-order valence-electron chi connectivity index (χ1n) is 7.40. The minimum atomic E-state index is -0.806. The van der Waals surface area contributed by atoms with E-state index in [4.69, 9.17) is 9.84 Å². The van der Waals surface area contributed by atoms with E-state index in [1.807, 2.05) is 24.3 Å². The molecule has 2 aliphatic rings. The van der Waals surface area contributed by atoms with Crippen LogP contribution in [0.1, 0.15) is 30.7 Å². The minimum absolute atomic E-state index is 0.0386. The minimum Gasteiger partial charge on any atom is -0.493 e. The number of para-hydroxylation sites is 1. The molecule has 1 amide bonds. The summed E-state index contributed by atoms with van der Waals surface area (Å²) in [5.41, 5.74) is 0.922. The van der Waals surface area contributed by atoms with Gasteiger partial charge in [0.1, 0.15) is 5.75 Å². The first-order valence-corrected chi connectivity index (χ1v) is 7.40. The van der Waals surface area contributed by atoms with Gasteiger partial charge in [0, 0.05) is 18.7 Å². The van der Waals surface area contributed by atoms with Crippen LogP contribution in [0.2, 0.25) is 0 Å². The number of aliphatic carboxylic acids is 1. The van der Waals surface area contributed by atoms with E-state index in [2.05, 4.69) is 0 Å². The maximum absolute atomic E-state index is 12.8. The van der Waals surface area contributed by atoms with Gasteiger partial charge in [-0.15, -0.1) is 0 Å². The van der Waals surface area contributed by atoms with E-state index in [0.29, 0.717) is 32.5 Å². The van der Waals surface area contributed by atoms with Crippen molar-refractivity contribution in [1.29, 1.82) is 0 Å². The normalized spacial score (nSPS) is 24.9. The molecule has 2 unspecified atom stereocenters. The van der Waals surface area contributed by atoms with Gasteiger partial charge in [0.25, 0.3) is 0 Å². The summed E-state index contributed by atoms with van der Waals surface area (Å²) in [7, 11) is 0. The van der Waals surface area contributed by atoms with E-state index in [-0.39, 0.29) is 11.8 Å². The number of carboxylic acids is 1. The second kappa shape index (κ2) is 5.76. The topological polar surface area (TPSA) is 66.8 Å². The van der Waals surface area contributed by atoms with Gasteiger partial charge in [-0.3, -0.25) is 9.59 Å². The summed E-state index contributed by atoms with van der Waals surface area (Å²) in [6, 6.07) is 7.61. The molecule has 1 N–H and O–H groups in total. The molecular formula is C16H19NO4. The molecule has 0 aliphatic carbocycles. The maximum atomic E-state index is 12.8. The molecule has 2 aliphatic heterocycles. The molecular weight excluding hydrogens is 270 g/mol. The van der Waals surface area contributed by atoms with Crippen LogP contribution in [0.25, 0.3) is 0 Å². The van der Waals surface area contributed by atoms with E-state index < -0.39 is 11.9 Å². The summed E-state index contributed by atoms with van der Waals surface area (Å²) in [6.07, 6.45) is 2.07. The molecule has 112 valence electrons. The zero-order valence-electron chi connectivity index (χ0n) is 11.8. The number of rotatable bonds is 2. The lowest BCUT2D eigenvalue weighted by atomic mass is 9.90. The van der Waals surface area contributed by atoms with Gasteiger partial charge in [0.05, 0.1) is 18.4 Å². The highest BCUT2D eigenvalue weighted by Gasteiger charge is 2.34. The van der Waals surface area contributed by atoms with Crippen molar-refractivity contribution in [2.75, 3.05) is 19.7 Å². The first-order chi connectivity index (χ1) is 10.2. The molecule has 3 rings (SSSR count). The summed E-state index contributed by atoms with van der Waals surface area (Å²) in [5, 5.41) is 9.15. The van der Waals surface area contributed by atoms with Crippen molar-refractivity contribution in [1.82, 2.24) is 4.90 Å². The number of carbonyl (C=O) groups is 2. The van der Waals surface area contributed by atoms with Crippen LogP contribution in [0.15, 0.2) is 24.3 Å². The van der Waals surface area contributed by atoms with E-state index >= 15 is 0 Å². The summed E-state index contributed by atoms with van der Waals surface area (Å²) in [4.78, 5) is 25.6. The van der Waals surface area contributed by atoms with E-state index in [0.717, 1.165) is 17.7 Å². The Kier molecular flexibility index (Phi) is 3.82. The second-order valence-electron chi connectivity index (χ2n) is 5.69. The third-order valence-corrected chi connectivity index (χ3v) is 4.34. The number of piperidine rings is 1. The monoisotopic (exact) mass is 289 g/mol. The first kappa shape index (κ1) is 13.9. The number of hydrogen-bond donors (Lipinski definition) is 1. The number of ether oxygens (including phenoxy) is 1. The van der Waals surface area contributed by atoms with E-state index in [1.54, 1.807) is 4.90 Å². The third kappa shape index (κ3) is 2.73. The van der Waals surface area contributed by atoms with Crippen LogP contribution in [-0.2, 0) is 9.59 Å². The van der Waals surface area contributed by atoms with Crippen molar-refractivity contribution < 1.29 is 19.4 Å². The smallest absolute Gasteiger partial charge is 0.308 e. The second-order valence-corrected chi connectivity index (χ2v) is 5.69. The zero-order valence-corrected chi connectivity index (χ0v) is 11.8. The quantitative estimate of drug-likeness (QED) is 0.902. The lowest BCUT2D eigenvalue weighted by molar-refractivity contribution is -0.146. The van der Waals surface area contributed by atoms with Crippen molar-refractivity contribution in [3.63, 3.8) is 0 Å². The number of fused-ring (bicyclic) bond motifs is 1. The fraction of sp³-hybridized carbons (Fsp3) is 0.500. The van der Waals surface area contributed by atoms with Gasteiger partial charge in [-0.2, -0.15) is 0 Å². The Morgan fingerprint density at radius 1 is 1.24 bits per heavy atom. The molecule has 1 aromatic rings. The standard InChI is InChI=1S/C16H19NO4/c18-15(17-8-3-4-11(10-17)16(19)20)13-7-9-21-14-6-2-1-5-12(13)14/h1-2,5-6,11,13H,3-4,7-10H2,(H,19,20). The molecule has 0 bridgehead atoms. The third-order valence-electron chi connectivity index (χ3n) is 4.34. The molecule has 0 saturated carbocycles. The number of carboxylic acid groups (broad SMARTS) is 1. The Hall–Kier alpha value is -2.04. The summed E-state index contributed by atoms with van der Waals surface area (Å²) < 4.78 is 5.59. The van der Waals surface area contributed by atoms with Crippen LogP contribution in [0, 0.1) is 5.92 Å². The summed E-state index contributed by atoms with van der Waals surface area (Å²) >= 11 is 0. The van der Waals surface area contributed by atoms with Gasteiger partial charge >= 0.3 is 5.97 Å². The fourth-order valence-corrected chi connectivity index (χ4v) is 3.20. The molecule has 21 heavy (non-hydrogen) atoms. The molecule has 0 radical (unpaired) electrons. The van der Waals surface area contributed by atoms with Gasteiger partial charge in [-0.1, -0.05) is 18.2 Å². The lowest BCUT2D eigenvalue weighted by Crippen LogP contribution is -2.45. The predicted octanol–water partition coefficient (Wildman–Crippen LogP) is 1.88. The van der Waals surface area contributed by atoms with Crippen molar-refractivity contribution in [2.24, 2.45) is 5.92 Å². The molecule has 1 aromatic carbocycles. The molecule has 1 saturated heterocycles. The average molecular weight is 289 g/mol. The molecule has 5 nitrogen and oxygen atoms in total. The zero-order chi connectivity index (χ0) is 14.8. The van der Waals surface area contributed by atoms with Gasteiger partial charge in [-0.05, 0) is 25.3 Å². The Morgan fingerprint density at radius 2 is 2.05 bits per heavy atom. The van der Waals surface area contributed by atoms with Crippen LogP contribution >= 0.6 is 0 Å². The van der Waals surface area contributed by atoms with Crippen molar-refractivity contribution in [3.05, 3.63) is 29.8 Å². The SMILES string of the molecule is O=C(O)C1CCCN(C(=O)C2CCOc3ccccc32)C1. The van der Waals surface area contributed by atoms with E-state index in [9.17, 15) is 9.59 Å². The van der Waals surface area contributed by atoms with Crippen LogP contribution in [0.4, 0.5) is 0 Å². The number of carbonyl (C=O) groups excluding carboxylic acids is 1. The van der Waals surface area contributed by atoms with Crippen LogP contribution in [-0.4, -0.2) is 41.6 Å². The predicted molar refractivity (Wildman–Crippen MR) is 76.2 cm³/mol. The average Bonchev–Trinajstić information content (AvgIpc) is 2.53. The molecule has 0 spiro atoms. The van der Waals surface area contributed by atoms with Crippen LogP contribution in [0.5, 0.6) is 5.75 Å².